The fourth-order valence-electron chi connectivity index (χ4n) is 2.94. The Bertz CT molecular complexity index is 290. The second kappa shape index (κ2) is 8.78. The summed E-state index contributed by atoms with van der Waals surface area (Å²) >= 11 is 0. The van der Waals surface area contributed by atoms with Crippen molar-refractivity contribution in [1.82, 2.24) is 10.4 Å². The minimum Gasteiger partial charge on any atom is -0.389 e. The van der Waals surface area contributed by atoms with Crippen molar-refractivity contribution < 1.29 is 9.84 Å². The number of nitrogens with zero attached hydrogens (tertiary/aromatic N) is 1. The van der Waals surface area contributed by atoms with Gasteiger partial charge in [-0.2, -0.15) is 0 Å². The van der Waals surface area contributed by atoms with Crippen molar-refractivity contribution in [1.29, 1.82) is 0 Å². The van der Waals surface area contributed by atoms with E-state index < -0.39 is 6.10 Å². The molecule has 1 aliphatic heterocycles. The van der Waals surface area contributed by atoms with Crippen molar-refractivity contribution in [2.24, 2.45) is 11.8 Å². The Labute approximate surface area is 123 Å². The first-order valence-electron chi connectivity index (χ1n) is 8.15. The van der Waals surface area contributed by atoms with Crippen LogP contribution in [0, 0.1) is 11.8 Å². The molecule has 4 heteroatoms. The summed E-state index contributed by atoms with van der Waals surface area (Å²) in [6.45, 7) is 6.28. The predicted molar refractivity (Wildman–Crippen MR) is 81.3 cm³/mol. The van der Waals surface area contributed by atoms with Gasteiger partial charge in [-0.1, -0.05) is 25.5 Å². The third kappa shape index (κ3) is 5.52. The van der Waals surface area contributed by atoms with Gasteiger partial charge in [0.15, 0.2) is 0 Å². The minimum absolute atomic E-state index is 0.411. The summed E-state index contributed by atoms with van der Waals surface area (Å²) in [4.78, 5) is 0. The highest BCUT2D eigenvalue weighted by molar-refractivity contribution is 4.93. The Morgan fingerprint density at radius 1 is 1.25 bits per heavy atom. The molecular formula is C16H30N2O2. The van der Waals surface area contributed by atoms with E-state index in [0.29, 0.717) is 25.0 Å². The molecule has 3 atom stereocenters. The highest BCUT2D eigenvalue weighted by Gasteiger charge is 2.19. The molecule has 2 N–H and O–H groups in total. The van der Waals surface area contributed by atoms with E-state index in [1.165, 1.54) is 19.3 Å². The highest BCUT2D eigenvalue weighted by Crippen LogP contribution is 2.24. The van der Waals surface area contributed by atoms with Gasteiger partial charge in [-0.05, 0) is 37.5 Å². The van der Waals surface area contributed by atoms with Crippen molar-refractivity contribution in [3.63, 3.8) is 0 Å². The number of rotatable bonds is 7. The molecule has 3 unspecified atom stereocenters. The first-order chi connectivity index (χ1) is 9.75. The van der Waals surface area contributed by atoms with Crippen molar-refractivity contribution in [3.05, 3.63) is 12.2 Å². The lowest BCUT2D eigenvalue weighted by atomic mass is 9.85. The van der Waals surface area contributed by atoms with Gasteiger partial charge in [0.2, 0.25) is 0 Å². The Hall–Kier alpha value is -0.420. The molecule has 0 bridgehead atoms. The van der Waals surface area contributed by atoms with Crippen LogP contribution < -0.4 is 5.43 Å². The first kappa shape index (κ1) is 16.0. The predicted octanol–water partition coefficient (Wildman–Crippen LogP) is 1.96. The van der Waals surface area contributed by atoms with E-state index in [1.807, 2.05) is 0 Å². The molecule has 0 radical (unpaired) electrons. The number of piperidine rings is 1. The maximum atomic E-state index is 9.95. The van der Waals surface area contributed by atoms with Crippen LogP contribution in [0.25, 0.3) is 0 Å². The summed E-state index contributed by atoms with van der Waals surface area (Å²) in [5, 5.41) is 12.2. The van der Waals surface area contributed by atoms with Gasteiger partial charge in [0, 0.05) is 19.6 Å². The molecule has 1 fully saturated rings. The highest BCUT2D eigenvalue weighted by atomic mass is 16.5. The number of hydrogen-bond acceptors (Lipinski definition) is 4. The lowest BCUT2D eigenvalue weighted by Crippen LogP contribution is -2.45. The summed E-state index contributed by atoms with van der Waals surface area (Å²) in [7, 11) is 0. The smallest absolute Gasteiger partial charge is 0.0911 e. The van der Waals surface area contributed by atoms with Crippen LogP contribution in [-0.4, -0.2) is 49.1 Å². The molecule has 0 saturated carbocycles. The van der Waals surface area contributed by atoms with Gasteiger partial charge in [0.25, 0.3) is 0 Å². The van der Waals surface area contributed by atoms with Crippen LogP contribution in [0.2, 0.25) is 0 Å². The molecule has 0 amide bonds. The number of allylic oxidation sites excluding steroid dienone is 2. The van der Waals surface area contributed by atoms with Crippen LogP contribution in [0.15, 0.2) is 12.2 Å². The maximum Gasteiger partial charge on any atom is 0.0911 e. The number of hydrazine groups is 1. The number of aliphatic hydroxyl groups excluding tert-OH is 1. The monoisotopic (exact) mass is 282 g/mol. The fourth-order valence-corrected chi connectivity index (χ4v) is 2.94. The van der Waals surface area contributed by atoms with E-state index >= 15 is 0 Å². The van der Waals surface area contributed by atoms with Gasteiger partial charge in [0.1, 0.15) is 0 Å². The van der Waals surface area contributed by atoms with Gasteiger partial charge in [-0.25, -0.2) is 5.01 Å². The Balaban J connectivity index is 1.53. The van der Waals surface area contributed by atoms with E-state index in [9.17, 15) is 5.11 Å². The first-order valence-corrected chi connectivity index (χ1v) is 8.15. The third-order valence-corrected chi connectivity index (χ3v) is 4.47. The molecule has 1 aliphatic carbocycles. The number of aliphatic hydroxyl groups is 1. The Kier molecular flexibility index (Phi) is 7.00. The van der Waals surface area contributed by atoms with Gasteiger partial charge in [-0.15, -0.1) is 0 Å². The van der Waals surface area contributed by atoms with E-state index in [2.05, 4.69) is 29.5 Å². The minimum atomic E-state index is -0.411. The average molecular weight is 282 g/mol. The zero-order valence-corrected chi connectivity index (χ0v) is 12.8. The largest absolute Gasteiger partial charge is 0.389 e. The molecule has 20 heavy (non-hydrogen) atoms. The van der Waals surface area contributed by atoms with Crippen LogP contribution in [0.4, 0.5) is 0 Å². The molecule has 1 saturated heterocycles. The molecule has 2 rings (SSSR count). The molecule has 1 heterocycles. The zero-order chi connectivity index (χ0) is 14.2. The van der Waals surface area contributed by atoms with Crippen LogP contribution in [0.1, 0.15) is 39.0 Å². The van der Waals surface area contributed by atoms with Crippen LogP contribution in [-0.2, 0) is 4.74 Å². The third-order valence-electron chi connectivity index (χ3n) is 4.47. The van der Waals surface area contributed by atoms with Gasteiger partial charge in [-0.3, -0.25) is 5.43 Å². The molecule has 0 aromatic carbocycles. The SMILES string of the molecule is CC1CC=CCC1COCC(O)CNN1CCCCC1. The van der Waals surface area contributed by atoms with E-state index in [4.69, 9.17) is 4.74 Å². The lowest BCUT2D eigenvalue weighted by molar-refractivity contribution is 0.00233. The Morgan fingerprint density at radius 2 is 2.00 bits per heavy atom. The molecule has 116 valence electrons. The topological polar surface area (TPSA) is 44.7 Å². The number of hydrogen-bond donors (Lipinski definition) is 2. The van der Waals surface area contributed by atoms with Crippen LogP contribution in [0.5, 0.6) is 0 Å². The van der Waals surface area contributed by atoms with Gasteiger partial charge >= 0.3 is 0 Å². The van der Waals surface area contributed by atoms with Crippen LogP contribution in [0.3, 0.4) is 0 Å². The standard InChI is InChI=1S/C16H30N2O2/c1-14-7-3-4-8-15(14)12-20-13-16(19)11-17-18-9-5-2-6-10-18/h3-4,14-17,19H,2,5-13H2,1H3. The summed E-state index contributed by atoms with van der Waals surface area (Å²) in [6.07, 6.45) is 10.2. The lowest BCUT2D eigenvalue weighted by Gasteiger charge is -2.28. The summed E-state index contributed by atoms with van der Waals surface area (Å²) in [6, 6.07) is 0. The summed E-state index contributed by atoms with van der Waals surface area (Å²) < 4.78 is 5.70. The van der Waals surface area contributed by atoms with Crippen molar-refractivity contribution in [3.8, 4) is 0 Å². The van der Waals surface area contributed by atoms with Crippen molar-refractivity contribution in [2.45, 2.75) is 45.1 Å². The number of nitrogens with one attached hydrogen (secondary N) is 1. The summed E-state index contributed by atoms with van der Waals surface area (Å²) in [5.41, 5.74) is 3.31. The molecular weight excluding hydrogens is 252 g/mol. The van der Waals surface area contributed by atoms with Gasteiger partial charge in [0.05, 0.1) is 19.3 Å². The van der Waals surface area contributed by atoms with E-state index in [1.54, 1.807) is 0 Å². The normalized spacial score (nSPS) is 29.5. The zero-order valence-electron chi connectivity index (χ0n) is 12.8. The molecule has 4 nitrogen and oxygen atoms in total. The Morgan fingerprint density at radius 3 is 2.75 bits per heavy atom. The van der Waals surface area contributed by atoms with Gasteiger partial charge < -0.3 is 9.84 Å². The van der Waals surface area contributed by atoms with Crippen molar-refractivity contribution in [2.75, 3.05) is 32.8 Å². The number of ether oxygens (including phenoxy) is 1. The molecule has 0 aromatic heterocycles. The quantitative estimate of drug-likeness (QED) is 0.701. The maximum absolute atomic E-state index is 9.95. The second-order valence-electron chi connectivity index (χ2n) is 6.28. The fraction of sp³-hybridized carbons (Fsp3) is 0.875. The molecule has 0 spiro atoms. The van der Waals surface area contributed by atoms with E-state index in [0.717, 1.165) is 32.5 Å². The van der Waals surface area contributed by atoms with Crippen LogP contribution >= 0.6 is 0 Å². The summed E-state index contributed by atoms with van der Waals surface area (Å²) in [5.74, 6) is 1.31. The van der Waals surface area contributed by atoms with E-state index in [-0.39, 0.29) is 0 Å². The van der Waals surface area contributed by atoms with Crippen molar-refractivity contribution >= 4 is 0 Å². The average Bonchev–Trinajstić information content (AvgIpc) is 2.48. The molecule has 2 aliphatic rings. The molecule has 0 aromatic rings. The second-order valence-corrected chi connectivity index (χ2v) is 6.28.